The van der Waals surface area contributed by atoms with Crippen LogP contribution in [0.4, 0.5) is 11.5 Å². The number of anilines is 2. The molecule has 8 nitrogen and oxygen atoms in total. The minimum atomic E-state index is -0.0160. The number of fused-ring (bicyclic) bond motifs is 2. The summed E-state index contributed by atoms with van der Waals surface area (Å²) in [5.74, 6) is 0.924. The summed E-state index contributed by atoms with van der Waals surface area (Å²) < 4.78 is 5.45. The number of piperazine rings is 1. The fraction of sp³-hybridized carbons (Fsp3) is 0.433. The fourth-order valence-electron chi connectivity index (χ4n) is 5.57. The highest BCUT2D eigenvalue weighted by Crippen LogP contribution is 2.34. The predicted octanol–water partition coefficient (Wildman–Crippen LogP) is 3.75. The number of hydrogen-bond donors (Lipinski definition) is 0. The van der Waals surface area contributed by atoms with Crippen LogP contribution in [0.2, 0.25) is 0 Å². The number of nitrogens with zero attached hydrogens (tertiary/aromatic N) is 6. The number of benzene rings is 2. The lowest BCUT2D eigenvalue weighted by atomic mass is 10.0. The van der Waals surface area contributed by atoms with Crippen molar-refractivity contribution in [2.75, 3.05) is 69.8 Å². The average Bonchev–Trinajstić information content (AvgIpc) is 3.46. The third-order valence-electron chi connectivity index (χ3n) is 7.71. The zero-order chi connectivity index (χ0) is 26.5. The van der Waals surface area contributed by atoms with Gasteiger partial charge in [-0.25, -0.2) is 0 Å². The van der Waals surface area contributed by atoms with E-state index in [1.54, 1.807) is 7.11 Å². The van der Waals surface area contributed by atoms with Crippen molar-refractivity contribution in [3.05, 3.63) is 66.4 Å². The van der Waals surface area contributed by atoms with Crippen LogP contribution < -0.4 is 14.5 Å². The average molecular weight is 515 g/mol. The summed E-state index contributed by atoms with van der Waals surface area (Å²) >= 11 is 0. The molecule has 2 aromatic carbocycles. The van der Waals surface area contributed by atoms with Gasteiger partial charge in [0.15, 0.2) is 0 Å². The molecule has 1 amide bonds. The van der Waals surface area contributed by atoms with Gasteiger partial charge in [0.05, 0.1) is 19.3 Å². The van der Waals surface area contributed by atoms with E-state index in [1.165, 1.54) is 54.0 Å². The Morgan fingerprint density at radius 3 is 2.34 bits per heavy atom. The Morgan fingerprint density at radius 2 is 1.66 bits per heavy atom. The Morgan fingerprint density at radius 1 is 0.921 bits per heavy atom. The molecule has 0 atom stereocenters. The molecule has 0 unspecified atom stereocenters. The number of aromatic nitrogens is 2. The van der Waals surface area contributed by atoms with Crippen molar-refractivity contribution in [3.8, 4) is 6.01 Å². The number of rotatable bonds is 4. The molecule has 0 spiro atoms. The van der Waals surface area contributed by atoms with Gasteiger partial charge in [-0.2, -0.15) is 9.97 Å². The highest BCUT2D eigenvalue weighted by Gasteiger charge is 2.28. The van der Waals surface area contributed by atoms with E-state index in [0.29, 0.717) is 25.6 Å². The Balaban J connectivity index is 0.000000433. The van der Waals surface area contributed by atoms with E-state index in [1.807, 2.05) is 4.90 Å². The number of ether oxygens (including phenoxy) is 1. The van der Waals surface area contributed by atoms with Crippen molar-refractivity contribution in [2.24, 2.45) is 0 Å². The van der Waals surface area contributed by atoms with Crippen LogP contribution in [0.25, 0.3) is 10.8 Å². The highest BCUT2D eigenvalue weighted by atomic mass is 16.5. The second-order valence-corrected chi connectivity index (χ2v) is 10.2. The van der Waals surface area contributed by atoms with E-state index in [2.05, 4.69) is 70.8 Å². The molecule has 3 aliphatic heterocycles. The molecule has 38 heavy (non-hydrogen) atoms. The van der Waals surface area contributed by atoms with Gasteiger partial charge in [-0.15, -0.1) is 0 Å². The van der Waals surface area contributed by atoms with E-state index < -0.39 is 0 Å². The molecule has 0 bridgehead atoms. The van der Waals surface area contributed by atoms with E-state index in [-0.39, 0.29) is 5.91 Å². The first kappa shape index (κ1) is 26.0. The number of hydrogen-bond acceptors (Lipinski definition) is 7. The van der Waals surface area contributed by atoms with Gasteiger partial charge in [-0.05, 0) is 56.9 Å². The first-order valence-corrected chi connectivity index (χ1v) is 13.6. The smallest absolute Gasteiger partial charge is 0.318 e. The van der Waals surface area contributed by atoms with Crippen molar-refractivity contribution in [3.63, 3.8) is 0 Å². The quantitative estimate of drug-likeness (QED) is 0.492. The highest BCUT2D eigenvalue weighted by molar-refractivity contribution is 5.94. The SMILES string of the molecule is C=CC(=O)N1CCN(c2nc(OC)nc3c2CCN(c2cccc4ccccc24)C3)CC1.CN1CCCC1. The summed E-state index contributed by atoms with van der Waals surface area (Å²) in [7, 11) is 3.78. The van der Waals surface area contributed by atoms with Crippen molar-refractivity contribution in [1.29, 1.82) is 0 Å². The van der Waals surface area contributed by atoms with E-state index in [0.717, 1.165) is 37.6 Å². The molecule has 8 heteroatoms. The second kappa shape index (κ2) is 11.8. The van der Waals surface area contributed by atoms with Crippen molar-refractivity contribution in [2.45, 2.75) is 25.8 Å². The monoisotopic (exact) mass is 514 g/mol. The zero-order valence-electron chi connectivity index (χ0n) is 22.6. The summed E-state index contributed by atoms with van der Waals surface area (Å²) in [5, 5.41) is 2.49. The van der Waals surface area contributed by atoms with Crippen LogP contribution in [0.15, 0.2) is 55.1 Å². The Labute approximate surface area is 225 Å². The summed E-state index contributed by atoms with van der Waals surface area (Å²) in [5.41, 5.74) is 3.42. The molecule has 0 radical (unpaired) electrons. The number of amides is 1. The van der Waals surface area contributed by atoms with Crippen molar-refractivity contribution >= 4 is 28.2 Å². The molecule has 1 aromatic heterocycles. The Kier molecular flexibility index (Phi) is 8.08. The predicted molar refractivity (Wildman–Crippen MR) is 153 cm³/mol. The number of carbonyl (C=O) groups is 1. The van der Waals surface area contributed by atoms with Crippen LogP contribution in [0.5, 0.6) is 6.01 Å². The first-order chi connectivity index (χ1) is 18.6. The van der Waals surface area contributed by atoms with Gasteiger partial charge in [0.2, 0.25) is 5.91 Å². The molecule has 0 aliphatic carbocycles. The Bertz CT molecular complexity index is 1280. The van der Waals surface area contributed by atoms with Gasteiger partial charge in [-0.3, -0.25) is 4.79 Å². The van der Waals surface area contributed by atoms with Gasteiger partial charge >= 0.3 is 6.01 Å². The molecular formula is C30H38N6O2. The van der Waals surface area contributed by atoms with E-state index in [9.17, 15) is 4.79 Å². The van der Waals surface area contributed by atoms with Crippen LogP contribution in [0.3, 0.4) is 0 Å². The minimum Gasteiger partial charge on any atom is -0.467 e. The summed E-state index contributed by atoms with van der Waals surface area (Å²) in [6, 6.07) is 15.3. The summed E-state index contributed by atoms with van der Waals surface area (Å²) in [6.07, 6.45) is 5.07. The molecule has 0 saturated carbocycles. The van der Waals surface area contributed by atoms with E-state index in [4.69, 9.17) is 14.7 Å². The van der Waals surface area contributed by atoms with Crippen LogP contribution in [-0.4, -0.2) is 85.6 Å². The standard InChI is InChI=1S/C25H27N5O2.C5H11N/c1-3-23(31)28-13-15-29(16-14-28)24-20-11-12-30(17-21(20)26-25(27-24)32-2)22-10-6-8-18-7-4-5-9-19(18)22;1-6-4-2-3-5-6/h3-10H,1,11-17H2,2H3;2-5H2,1H3. The van der Waals surface area contributed by atoms with Gasteiger partial charge in [0.25, 0.3) is 0 Å². The van der Waals surface area contributed by atoms with Gasteiger partial charge < -0.3 is 24.3 Å². The van der Waals surface area contributed by atoms with Gasteiger partial charge in [0, 0.05) is 49.4 Å². The maximum absolute atomic E-state index is 11.9. The minimum absolute atomic E-state index is 0.0160. The first-order valence-electron chi connectivity index (χ1n) is 13.6. The van der Waals surface area contributed by atoms with Crippen LogP contribution >= 0.6 is 0 Å². The van der Waals surface area contributed by atoms with Crippen LogP contribution in [-0.2, 0) is 17.8 Å². The maximum Gasteiger partial charge on any atom is 0.318 e. The molecule has 3 aliphatic rings. The number of carbonyl (C=O) groups excluding carboxylic acids is 1. The third kappa shape index (κ3) is 5.60. The molecule has 4 heterocycles. The topological polar surface area (TPSA) is 65.0 Å². The normalized spacial score (nSPS) is 17.6. The maximum atomic E-state index is 11.9. The Hall–Kier alpha value is -3.65. The van der Waals surface area contributed by atoms with Crippen molar-refractivity contribution < 1.29 is 9.53 Å². The lowest BCUT2D eigenvalue weighted by Crippen LogP contribution is -2.49. The molecule has 3 aromatic rings. The summed E-state index contributed by atoms with van der Waals surface area (Å²) in [6.45, 7) is 10.6. The van der Waals surface area contributed by atoms with Crippen molar-refractivity contribution in [1.82, 2.24) is 19.8 Å². The molecule has 2 saturated heterocycles. The number of likely N-dealkylation sites (tertiary alicyclic amines) is 1. The largest absolute Gasteiger partial charge is 0.467 e. The molecule has 2 fully saturated rings. The molecule has 0 N–H and O–H groups in total. The molecule has 6 rings (SSSR count). The molecular weight excluding hydrogens is 476 g/mol. The lowest BCUT2D eigenvalue weighted by Gasteiger charge is -2.38. The molecule has 200 valence electrons. The van der Waals surface area contributed by atoms with E-state index >= 15 is 0 Å². The third-order valence-corrected chi connectivity index (χ3v) is 7.71. The van der Waals surface area contributed by atoms with Crippen LogP contribution in [0, 0.1) is 0 Å². The number of methoxy groups -OCH3 is 1. The summed E-state index contributed by atoms with van der Waals surface area (Å²) in [4.78, 5) is 30.2. The lowest BCUT2D eigenvalue weighted by molar-refractivity contribution is -0.126. The van der Waals surface area contributed by atoms with Crippen LogP contribution in [0.1, 0.15) is 24.1 Å². The zero-order valence-corrected chi connectivity index (χ0v) is 22.6. The van der Waals surface area contributed by atoms with Gasteiger partial charge in [-0.1, -0.05) is 43.0 Å². The van der Waals surface area contributed by atoms with Gasteiger partial charge in [0.1, 0.15) is 5.82 Å². The fourth-order valence-corrected chi connectivity index (χ4v) is 5.57. The second-order valence-electron chi connectivity index (χ2n) is 10.2.